The molecule has 0 atom stereocenters. The summed E-state index contributed by atoms with van der Waals surface area (Å²) >= 11 is 0. The van der Waals surface area contributed by atoms with E-state index >= 15 is 0 Å². The summed E-state index contributed by atoms with van der Waals surface area (Å²) in [5.74, 6) is 0.862. The fourth-order valence-electron chi connectivity index (χ4n) is 2.39. The van der Waals surface area contributed by atoms with Crippen LogP contribution in [0.15, 0.2) is 77.8 Å². The van der Waals surface area contributed by atoms with Crippen molar-refractivity contribution in [1.82, 2.24) is 20.1 Å². The van der Waals surface area contributed by atoms with E-state index < -0.39 is 5.97 Å². The molecule has 0 N–H and O–H groups in total. The lowest BCUT2D eigenvalue weighted by atomic mass is 10.2. The Kier molecular flexibility index (Phi) is 5.01. The van der Waals surface area contributed by atoms with Crippen molar-refractivity contribution in [3.8, 4) is 22.9 Å². The van der Waals surface area contributed by atoms with E-state index in [9.17, 15) is 4.79 Å². The summed E-state index contributed by atoms with van der Waals surface area (Å²) in [4.78, 5) is 24.7. The zero-order valence-electron chi connectivity index (χ0n) is 14.6. The predicted octanol–water partition coefficient (Wildman–Crippen LogP) is 3.68. The van der Waals surface area contributed by atoms with E-state index in [0.717, 1.165) is 0 Å². The molecule has 0 bridgehead atoms. The second-order valence-electron chi connectivity index (χ2n) is 5.62. The monoisotopic (exact) mass is 374 g/mol. The Hall–Kier alpha value is -4.07. The molecule has 0 radical (unpaired) electrons. The second-order valence-corrected chi connectivity index (χ2v) is 5.62. The van der Waals surface area contributed by atoms with Crippen molar-refractivity contribution >= 4 is 5.97 Å². The van der Waals surface area contributed by atoms with Crippen LogP contribution in [0.3, 0.4) is 0 Å². The fourth-order valence-corrected chi connectivity index (χ4v) is 2.39. The van der Waals surface area contributed by atoms with Crippen LogP contribution in [0, 0.1) is 0 Å². The molecule has 4 rings (SSSR count). The summed E-state index contributed by atoms with van der Waals surface area (Å²) in [5, 5.41) is 3.86. The van der Waals surface area contributed by atoms with E-state index in [1.54, 1.807) is 73.3 Å². The zero-order chi connectivity index (χ0) is 19.2. The first-order valence-corrected chi connectivity index (χ1v) is 8.36. The summed E-state index contributed by atoms with van der Waals surface area (Å²) in [5.41, 5.74) is 0.984. The van der Waals surface area contributed by atoms with Crippen molar-refractivity contribution in [2.24, 2.45) is 0 Å². The molecule has 0 amide bonds. The summed E-state index contributed by atoms with van der Waals surface area (Å²) in [6.45, 7) is -0.159. The third-order valence-electron chi connectivity index (χ3n) is 3.68. The lowest BCUT2D eigenvalue weighted by Gasteiger charge is -2.09. The molecule has 3 heterocycles. The quantitative estimate of drug-likeness (QED) is 0.471. The average molecular weight is 374 g/mol. The van der Waals surface area contributed by atoms with Crippen LogP contribution in [0.4, 0.5) is 0 Å². The Morgan fingerprint density at radius 1 is 0.964 bits per heavy atom. The molecule has 0 unspecified atom stereocenters. The first-order valence-electron chi connectivity index (χ1n) is 8.36. The van der Waals surface area contributed by atoms with Gasteiger partial charge in [-0.1, -0.05) is 17.3 Å². The van der Waals surface area contributed by atoms with Crippen LogP contribution in [-0.4, -0.2) is 26.1 Å². The number of nitrogens with zero attached hydrogens (tertiary/aromatic N) is 4. The SMILES string of the molecule is O=C(OCc1nc(-c2cccnc2)no1)c1ccccc1Oc1cccnc1. The molecule has 4 aromatic rings. The van der Waals surface area contributed by atoms with Gasteiger partial charge in [0.2, 0.25) is 5.82 Å². The van der Waals surface area contributed by atoms with Gasteiger partial charge < -0.3 is 14.0 Å². The van der Waals surface area contributed by atoms with Crippen LogP contribution in [0.1, 0.15) is 16.2 Å². The maximum Gasteiger partial charge on any atom is 0.342 e. The minimum Gasteiger partial charge on any atom is -0.455 e. The fraction of sp³-hybridized carbons (Fsp3) is 0.0500. The second kappa shape index (κ2) is 8.09. The van der Waals surface area contributed by atoms with E-state index in [-0.39, 0.29) is 18.1 Å². The number of para-hydroxylation sites is 1. The van der Waals surface area contributed by atoms with Crippen molar-refractivity contribution in [1.29, 1.82) is 0 Å². The lowest BCUT2D eigenvalue weighted by Crippen LogP contribution is -2.07. The van der Waals surface area contributed by atoms with Crippen LogP contribution in [0.2, 0.25) is 0 Å². The average Bonchev–Trinajstić information content (AvgIpc) is 3.23. The lowest BCUT2D eigenvalue weighted by molar-refractivity contribution is 0.0427. The first-order chi connectivity index (χ1) is 13.8. The molecule has 0 aliphatic carbocycles. The number of benzene rings is 1. The summed E-state index contributed by atoms with van der Waals surface area (Å²) in [6.07, 6.45) is 6.46. The number of rotatable bonds is 6. The van der Waals surface area contributed by atoms with Crippen molar-refractivity contribution in [3.05, 3.63) is 84.8 Å². The van der Waals surface area contributed by atoms with Crippen molar-refractivity contribution < 1.29 is 18.8 Å². The Morgan fingerprint density at radius 2 is 1.79 bits per heavy atom. The Balaban J connectivity index is 1.44. The molecule has 0 fully saturated rings. The Bertz CT molecular complexity index is 1070. The van der Waals surface area contributed by atoms with E-state index in [0.29, 0.717) is 22.9 Å². The molecule has 0 aliphatic rings. The minimum absolute atomic E-state index is 0.159. The van der Waals surface area contributed by atoms with Crippen molar-refractivity contribution in [2.75, 3.05) is 0 Å². The number of pyridine rings is 2. The highest BCUT2D eigenvalue weighted by Crippen LogP contribution is 2.25. The van der Waals surface area contributed by atoms with Crippen molar-refractivity contribution in [2.45, 2.75) is 6.61 Å². The standard InChI is InChI=1S/C20H14N4O4/c25-20(16-7-1-2-8-17(16)27-15-6-4-10-22-12-15)26-13-18-23-19(24-28-18)14-5-3-9-21-11-14/h1-12H,13H2. The molecule has 28 heavy (non-hydrogen) atoms. The Labute approximate surface area is 159 Å². The van der Waals surface area contributed by atoms with Gasteiger partial charge in [-0.15, -0.1) is 0 Å². The van der Waals surface area contributed by atoms with Gasteiger partial charge in [0.05, 0.1) is 6.20 Å². The third kappa shape index (κ3) is 4.01. The van der Waals surface area contributed by atoms with E-state index in [2.05, 4.69) is 20.1 Å². The molecule has 138 valence electrons. The third-order valence-corrected chi connectivity index (χ3v) is 3.68. The van der Waals surface area contributed by atoms with Crippen molar-refractivity contribution in [3.63, 3.8) is 0 Å². The number of hydrogen-bond acceptors (Lipinski definition) is 8. The number of esters is 1. The number of hydrogen-bond donors (Lipinski definition) is 0. The molecule has 0 saturated heterocycles. The summed E-state index contributed by atoms with van der Waals surface area (Å²) < 4.78 is 16.1. The van der Waals surface area contributed by atoms with Crippen LogP contribution >= 0.6 is 0 Å². The van der Waals surface area contributed by atoms with Gasteiger partial charge in [-0.25, -0.2) is 4.79 Å². The van der Waals surface area contributed by atoms with Crippen LogP contribution in [0.25, 0.3) is 11.4 Å². The van der Waals surface area contributed by atoms with Gasteiger partial charge >= 0.3 is 5.97 Å². The maximum absolute atomic E-state index is 12.5. The van der Waals surface area contributed by atoms with Crippen LogP contribution in [0.5, 0.6) is 11.5 Å². The molecule has 3 aromatic heterocycles. The summed E-state index contributed by atoms with van der Waals surface area (Å²) in [7, 11) is 0. The number of aromatic nitrogens is 4. The van der Waals surface area contributed by atoms with Gasteiger partial charge in [0, 0.05) is 24.2 Å². The highest BCUT2D eigenvalue weighted by atomic mass is 16.6. The van der Waals surface area contributed by atoms with Crippen LogP contribution in [-0.2, 0) is 11.3 Å². The predicted molar refractivity (Wildman–Crippen MR) is 97.4 cm³/mol. The molecule has 1 aromatic carbocycles. The molecular weight excluding hydrogens is 360 g/mol. The number of ether oxygens (including phenoxy) is 2. The smallest absolute Gasteiger partial charge is 0.342 e. The zero-order valence-corrected chi connectivity index (χ0v) is 14.6. The van der Waals surface area contributed by atoms with Gasteiger partial charge in [-0.3, -0.25) is 9.97 Å². The molecule has 8 heteroatoms. The normalized spacial score (nSPS) is 10.4. The number of carbonyl (C=O) groups excluding carboxylic acids is 1. The highest BCUT2D eigenvalue weighted by Gasteiger charge is 2.16. The van der Waals surface area contributed by atoms with Crippen LogP contribution < -0.4 is 4.74 Å². The molecular formula is C20H14N4O4. The van der Waals surface area contributed by atoms with E-state index in [4.69, 9.17) is 14.0 Å². The molecule has 0 saturated carbocycles. The number of carbonyl (C=O) groups is 1. The van der Waals surface area contributed by atoms with E-state index in [1.165, 1.54) is 0 Å². The Morgan fingerprint density at radius 3 is 2.57 bits per heavy atom. The topological polar surface area (TPSA) is 100 Å². The molecule has 8 nitrogen and oxygen atoms in total. The molecule has 0 spiro atoms. The van der Waals surface area contributed by atoms with Gasteiger partial charge in [-0.2, -0.15) is 4.98 Å². The highest BCUT2D eigenvalue weighted by molar-refractivity contribution is 5.92. The first kappa shape index (κ1) is 17.3. The van der Waals surface area contributed by atoms with Gasteiger partial charge in [0.15, 0.2) is 6.61 Å². The largest absolute Gasteiger partial charge is 0.455 e. The van der Waals surface area contributed by atoms with Gasteiger partial charge in [0.1, 0.15) is 17.1 Å². The minimum atomic E-state index is -0.569. The summed E-state index contributed by atoms with van der Waals surface area (Å²) in [6, 6.07) is 13.8. The van der Waals surface area contributed by atoms with E-state index in [1.807, 2.05) is 0 Å². The van der Waals surface area contributed by atoms with Gasteiger partial charge in [0.25, 0.3) is 5.89 Å². The molecule has 0 aliphatic heterocycles. The van der Waals surface area contributed by atoms with Gasteiger partial charge in [-0.05, 0) is 36.4 Å². The maximum atomic E-state index is 12.5.